The minimum Gasteiger partial charge on any atom is -0.349 e. The van der Waals surface area contributed by atoms with Crippen LogP contribution in [-0.2, 0) is 17.1 Å². The zero-order chi connectivity index (χ0) is 27.8. The minimum atomic E-state index is -5.24. The summed E-state index contributed by atoms with van der Waals surface area (Å²) in [5.41, 5.74) is -5.08. The fourth-order valence-electron chi connectivity index (χ4n) is 3.45. The molecule has 1 atom stereocenters. The Bertz CT molecular complexity index is 1210. The van der Waals surface area contributed by atoms with E-state index in [1.54, 1.807) is 0 Å². The molecule has 1 saturated carbocycles. The molecule has 1 N–H and O–H groups in total. The first kappa shape index (κ1) is 28.2. The Labute approximate surface area is 203 Å². The Morgan fingerprint density at radius 1 is 0.919 bits per heavy atom. The van der Waals surface area contributed by atoms with E-state index in [1.807, 2.05) is 0 Å². The third-order valence-corrected chi connectivity index (χ3v) is 5.42. The van der Waals surface area contributed by atoms with Gasteiger partial charge >= 0.3 is 18.5 Å². The number of carbonyl (C=O) groups is 2. The topological polar surface area (TPSA) is 46.2 Å². The van der Waals surface area contributed by atoms with E-state index in [0.717, 1.165) is 18.2 Å². The number of benzene rings is 2. The second kappa shape index (κ2) is 10.2. The van der Waals surface area contributed by atoms with Crippen LogP contribution >= 0.6 is 0 Å². The highest BCUT2D eigenvalue weighted by molar-refractivity contribution is 5.97. The number of allylic oxidation sites excluding steroid dienone is 1. The second-order valence-electron chi connectivity index (χ2n) is 8.42. The van der Waals surface area contributed by atoms with Crippen LogP contribution in [0.5, 0.6) is 0 Å². The van der Waals surface area contributed by atoms with E-state index in [9.17, 15) is 53.5 Å². The van der Waals surface area contributed by atoms with Gasteiger partial charge in [-0.15, -0.1) is 0 Å². The lowest BCUT2D eigenvalue weighted by Crippen LogP contribution is -2.28. The van der Waals surface area contributed by atoms with Gasteiger partial charge in [0.1, 0.15) is 5.82 Å². The molecule has 1 fully saturated rings. The molecule has 13 heteroatoms. The fourth-order valence-corrected chi connectivity index (χ4v) is 3.45. The van der Waals surface area contributed by atoms with Crippen LogP contribution in [0, 0.1) is 5.82 Å². The van der Waals surface area contributed by atoms with Crippen molar-refractivity contribution in [3.05, 3.63) is 76.1 Å². The SMILES string of the molecule is O=C(/C=C/c1ccc(C(=O)NC2CC2)c(C(F)(F)F)c1)CC(c1cc(F)cc(C(F)(F)F)c1)C(F)(F)F. The predicted molar refractivity (Wildman–Crippen MR) is 111 cm³/mol. The van der Waals surface area contributed by atoms with Crippen molar-refractivity contribution in [1.82, 2.24) is 5.32 Å². The minimum absolute atomic E-state index is 0.00543. The molecule has 0 saturated heterocycles. The molecule has 0 aromatic heterocycles. The molecule has 0 spiro atoms. The standard InChI is InChI=1S/C24H17F10NO2/c25-15-9-13(8-14(10-15)22(26,27)28)19(23(29,30)31)11-17(36)5-1-12-2-6-18(20(7-12)24(32,33)34)21(37)35-16-3-4-16/h1-2,5-10,16,19H,3-4,11H2,(H,35,37)/b5-1+. The second-order valence-corrected chi connectivity index (χ2v) is 8.42. The molecule has 0 radical (unpaired) electrons. The number of carbonyl (C=O) groups excluding carboxylic acids is 2. The van der Waals surface area contributed by atoms with Crippen molar-refractivity contribution in [3.8, 4) is 0 Å². The number of alkyl halides is 9. The monoisotopic (exact) mass is 541 g/mol. The third-order valence-electron chi connectivity index (χ3n) is 5.42. The predicted octanol–water partition coefficient (Wildman–Crippen LogP) is 7.07. The van der Waals surface area contributed by atoms with Gasteiger partial charge in [-0.3, -0.25) is 9.59 Å². The van der Waals surface area contributed by atoms with Crippen LogP contribution in [0.2, 0.25) is 0 Å². The average Bonchev–Trinajstić information content (AvgIpc) is 3.57. The quantitative estimate of drug-likeness (QED) is 0.301. The van der Waals surface area contributed by atoms with E-state index >= 15 is 0 Å². The highest BCUT2D eigenvalue weighted by atomic mass is 19.4. The molecule has 1 aliphatic carbocycles. The molecule has 200 valence electrons. The van der Waals surface area contributed by atoms with Crippen molar-refractivity contribution >= 4 is 17.8 Å². The summed E-state index contributed by atoms with van der Waals surface area (Å²) in [6.45, 7) is 0. The van der Waals surface area contributed by atoms with E-state index in [4.69, 9.17) is 0 Å². The smallest absolute Gasteiger partial charge is 0.349 e. The van der Waals surface area contributed by atoms with Crippen molar-refractivity contribution in [2.24, 2.45) is 0 Å². The number of hydrogen-bond donors (Lipinski definition) is 1. The molecule has 3 rings (SSSR count). The number of amides is 1. The van der Waals surface area contributed by atoms with Crippen molar-refractivity contribution in [2.45, 2.75) is 49.8 Å². The Morgan fingerprint density at radius 2 is 1.57 bits per heavy atom. The molecular weight excluding hydrogens is 524 g/mol. The summed E-state index contributed by atoms with van der Waals surface area (Å²) in [6, 6.07) is 2.53. The average molecular weight is 541 g/mol. The molecule has 1 amide bonds. The van der Waals surface area contributed by atoms with Crippen LogP contribution < -0.4 is 5.32 Å². The molecule has 2 aromatic rings. The lowest BCUT2D eigenvalue weighted by Gasteiger charge is -2.21. The van der Waals surface area contributed by atoms with Crippen molar-refractivity contribution < 1.29 is 53.5 Å². The van der Waals surface area contributed by atoms with Gasteiger partial charge in [-0.1, -0.05) is 12.1 Å². The van der Waals surface area contributed by atoms with Crippen LogP contribution in [-0.4, -0.2) is 23.9 Å². The lowest BCUT2D eigenvalue weighted by molar-refractivity contribution is -0.156. The van der Waals surface area contributed by atoms with Crippen LogP contribution in [0.25, 0.3) is 6.08 Å². The molecule has 3 nitrogen and oxygen atoms in total. The van der Waals surface area contributed by atoms with Crippen LogP contribution in [0.15, 0.2) is 42.5 Å². The van der Waals surface area contributed by atoms with Gasteiger partial charge in [0.15, 0.2) is 5.78 Å². The van der Waals surface area contributed by atoms with E-state index < -0.39 is 70.6 Å². The maximum absolute atomic E-state index is 13.6. The highest BCUT2D eigenvalue weighted by Crippen LogP contribution is 2.40. The first-order valence-corrected chi connectivity index (χ1v) is 10.6. The van der Waals surface area contributed by atoms with Crippen molar-refractivity contribution in [1.29, 1.82) is 0 Å². The summed E-state index contributed by atoms with van der Waals surface area (Å²) in [5, 5.41) is 2.41. The zero-order valence-corrected chi connectivity index (χ0v) is 18.5. The molecule has 1 aliphatic rings. The highest BCUT2D eigenvalue weighted by Gasteiger charge is 2.43. The molecule has 0 aliphatic heterocycles. The molecule has 0 bridgehead atoms. The van der Waals surface area contributed by atoms with E-state index in [2.05, 4.69) is 5.32 Å². The number of ketones is 1. The molecular formula is C24H17F10NO2. The first-order valence-electron chi connectivity index (χ1n) is 10.6. The Kier molecular flexibility index (Phi) is 7.75. The Balaban J connectivity index is 1.85. The fraction of sp³-hybridized carbons (Fsp3) is 0.333. The molecule has 2 aromatic carbocycles. The summed E-state index contributed by atoms with van der Waals surface area (Å²) in [6.07, 6.45) is -14.2. The molecule has 1 unspecified atom stereocenters. The summed E-state index contributed by atoms with van der Waals surface area (Å²) in [7, 11) is 0. The zero-order valence-electron chi connectivity index (χ0n) is 18.5. The van der Waals surface area contributed by atoms with E-state index in [0.29, 0.717) is 25.0 Å². The van der Waals surface area contributed by atoms with Gasteiger partial charge < -0.3 is 5.32 Å². The lowest BCUT2D eigenvalue weighted by atomic mass is 9.91. The summed E-state index contributed by atoms with van der Waals surface area (Å²) < 4.78 is 133. The van der Waals surface area contributed by atoms with Crippen molar-refractivity contribution in [3.63, 3.8) is 0 Å². The normalized spacial score (nSPS) is 15.6. The molecule has 0 heterocycles. The van der Waals surface area contributed by atoms with Gasteiger partial charge in [0.2, 0.25) is 0 Å². The van der Waals surface area contributed by atoms with Gasteiger partial charge in [0.25, 0.3) is 5.91 Å². The number of rotatable bonds is 7. The van der Waals surface area contributed by atoms with Gasteiger partial charge in [-0.25, -0.2) is 4.39 Å². The Hall–Kier alpha value is -3.38. The number of hydrogen-bond acceptors (Lipinski definition) is 2. The molecule has 37 heavy (non-hydrogen) atoms. The number of halogens is 10. The maximum Gasteiger partial charge on any atom is 0.417 e. The van der Waals surface area contributed by atoms with E-state index in [-0.39, 0.29) is 29.8 Å². The van der Waals surface area contributed by atoms with Gasteiger partial charge in [0.05, 0.1) is 22.6 Å². The summed E-state index contributed by atoms with van der Waals surface area (Å²) >= 11 is 0. The summed E-state index contributed by atoms with van der Waals surface area (Å²) in [5.74, 6) is -6.64. The van der Waals surface area contributed by atoms with Gasteiger partial charge in [-0.05, 0) is 60.4 Å². The van der Waals surface area contributed by atoms with E-state index in [1.165, 1.54) is 0 Å². The third kappa shape index (κ3) is 7.56. The summed E-state index contributed by atoms with van der Waals surface area (Å²) in [4.78, 5) is 24.3. The largest absolute Gasteiger partial charge is 0.417 e. The number of nitrogens with one attached hydrogen (secondary N) is 1. The maximum atomic E-state index is 13.6. The van der Waals surface area contributed by atoms with Crippen LogP contribution in [0.3, 0.4) is 0 Å². The van der Waals surface area contributed by atoms with Crippen molar-refractivity contribution in [2.75, 3.05) is 0 Å². The Morgan fingerprint density at radius 3 is 2.11 bits per heavy atom. The van der Waals surface area contributed by atoms with Gasteiger partial charge in [0, 0.05) is 12.5 Å². The first-order chi connectivity index (χ1) is 16.9. The van der Waals surface area contributed by atoms with Gasteiger partial charge in [-0.2, -0.15) is 39.5 Å². The van der Waals surface area contributed by atoms with Crippen LogP contribution in [0.4, 0.5) is 43.9 Å². The van der Waals surface area contributed by atoms with Crippen LogP contribution in [0.1, 0.15) is 57.8 Å².